The molecule has 0 aromatic rings. The highest BCUT2D eigenvalue weighted by Gasteiger charge is 2.05. The number of ether oxygens (including phenoxy) is 1. The Morgan fingerprint density at radius 2 is 2.17 bits per heavy atom. The number of aldehydes is 1. The van der Waals surface area contributed by atoms with Crippen molar-refractivity contribution in [1.82, 2.24) is 4.90 Å². The first-order valence-corrected chi connectivity index (χ1v) is 3.54. The largest absolute Gasteiger partial charge is 0.461 e. The van der Waals surface area contributed by atoms with Crippen LogP contribution in [-0.4, -0.2) is 44.4 Å². The van der Waals surface area contributed by atoms with Gasteiger partial charge in [0.1, 0.15) is 6.61 Å². The first kappa shape index (κ1) is 10.8. The fourth-order valence-corrected chi connectivity index (χ4v) is 0.462. The van der Waals surface area contributed by atoms with Gasteiger partial charge in [0.2, 0.25) is 0 Å². The summed E-state index contributed by atoms with van der Waals surface area (Å²) >= 11 is 0. The molecular weight excluding hydrogens is 158 g/mol. The van der Waals surface area contributed by atoms with Crippen molar-refractivity contribution >= 4 is 12.3 Å². The van der Waals surface area contributed by atoms with Crippen molar-refractivity contribution in [1.29, 1.82) is 0 Å². The van der Waals surface area contributed by atoms with E-state index in [4.69, 9.17) is 4.74 Å². The average Bonchev–Trinajstić information content (AvgIpc) is 2.02. The molecule has 4 heteroatoms. The number of carbonyl (C=O) groups is 2. The Hall–Kier alpha value is -1.16. The van der Waals surface area contributed by atoms with E-state index in [1.54, 1.807) is 0 Å². The SMILES string of the molecule is C=C(C=O)C(=O)OCCN(C)C. The van der Waals surface area contributed by atoms with Crippen LogP contribution in [0.3, 0.4) is 0 Å². The Bertz CT molecular complexity index is 187. The van der Waals surface area contributed by atoms with Gasteiger partial charge in [0, 0.05) is 6.54 Å². The fourth-order valence-electron chi connectivity index (χ4n) is 0.462. The molecule has 0 heterocycles. The van der Waals surface area contributed by atoms with Gasteiger partial charge >= 0.3 is 5.97 Å². The van der Waals surface area contributed by atoms with Gasteiger partial charge in [-0.05, 0) is 14.1 Å². The lowest BCUT2D eigenvalue weighted by Gasteiger charge is -2.09. The predicted octanol–water partition coefficient (Wildman–Crippen LogP) is -0.154. The minimum atomic E-state index is -0.646. The van der Waals surface area contributed by atoms with E-state index in [9.17, 15) is 9.59 Å². The molecule has 4 nitrogen and oxygen atoms in total. The molecule has 0 aliphatic rings. The molecule has 0 saturated heterocycles. The summed E-state index contributed by atoms with van der Waals surface area (Å²) < 4.78 is 4.69. The zero-order chi connectivity index (χ0) is 9.56. The van der Waals surface area contributed by atoms with E-state index in [2.05, 4.69) is 6.58 Å². The van der Waals surface area contributed by atoms with Gasteiger partial charge in [-0.2, -0.15) is 0 Å². The molecule has 0 bridgehead atoms. The zero-order valence-electron chi connectivity index (χ0n) is 7.37. The molecule has 0 saturated carbocycles. The molecule has 0 fully saturated rings. The van der Waals surface area contributed by atoms with E-state index in [0.29, 0.717) is 12.8 Å². The molecule has 0 atom stereocenters. The summed E-state index contributed by atoms with van der Waals surface area (Å²) in [5.74, 6) is -0.646. The van der Waals surface area contributed by atoms with Crippen LogP contribution in [0.25, 0.3) is 0 Å². The molecule has 0 spiro atoms. The second-order valence-corrected chi connectivity index (χ2v) is 2.58. The van der Waals surface area contributed by atoms with Crippen LogP contribution in [0, 0.1) is 0 Å². The van der Waals surface area contributed by atoms with Crippen LogP contribution >= 0.6 is 0 Å². The molecule has 12 heavy (non-hydrogen) atoms. The van der Waals surface area contributed by atoms with Crippen LogP contribution in [-0.2, 0) is 14.3 Å². The van der Waals surface area contributed by atoms with Crippen LogP contribution in [0.4, 0.5) is 0 Å². The number of rotatable bonds is 5. The van der Waals surface area contributed by atoms with Gasteiger partial charge in [-0.1, -0.05) is 6.58 Å². The third kappa shape index (κ3) is 4.62. The third-order valence-electron chi connectivity index (χ3n) is 1.18. The van der Waals surface area contributed by atoms with Gasteiger partial charge in [-0.25, -0.2) is 4.79 Å². The first-order chi connectivity index (χ1) is 5.57. The maximum Gasteiger partial charge on any atom is 0.340 e. The lowest BCUT2D eigenvalue weighted by Crippen LogP contribution is -2.20. The highest BCUT2D eigenvalue weighted by molar-refractivity contribution is 6.06. The van der Waals surface area contributed by atoms with Gasteiger partial charge in [0.05, 0.1) is 5.57 Å². The monoisotopic (exact) mass is 171 g/mol. The Morgan fingerprint density at radius 3 is 2.58 bits per heavy atom. The number of esters is 1. The van der Waals surface area contributed by atoms with Crippen molar-refractivity contribution in [2.75, 3.05) is 27.2 Å². The normalized spacial score (nSPS) is 9.58. The number of nitrogens with zero attached hydrogens (tertiary/aromatic N) is 1. The summed E-state index contributed by atoms with van der Waals surface area (Å²) in [7, 11) is 3.73. The maximum atomic E-state index is 10.8. The highest BCUT2D eigenvalue weighted by atomic mass is 16.5. The lowest BCUT2D eigenvalue weighted by atomic mass is 10.3. The van der Waals surface area contributed by atoms with Crippen LogP contribution < -0.4 is 0 Å². The van der Waals surface area contributed by atoms with Crippen molar-refractivity contribution in [2.24, 2.45) is 0 Å². The number of hydrogen-bond donors (Lipinski definition) is 0. The molecule has 0 amide bonds. The number of hydrogen-bond acceptors (Lipinski definition) is 4. The smallest absolute Gasteiger partial charge is 0.340 e. The number of likely N-dealkylation sites (N-methyl/N-ethyl adjacent to an activating group) is 1. The van der Waals surface area contributed by atoms with Crippen LogP contribution in [0.2, 0.25) is 0 Å². The molecule has 0 N–H and O–H groups in total. The van der Waals surface area contributed by atoms with E-state index in [-0.39, 0.29) is 12.2 Å². The standard InChI is InChI=1S/C8H13NO3/c1-7(6-10)8(11)12-5-4-9(2)3/h6H,1,4-5H2,2-3H3. The summed E-state index contributed by atoms with van der Waals surface area (Å²) in [6.45, 7) is 4.13. The Balaban J connectivity index is 3.58. The second kappa shape index (κ2) is 5.49. The molecule has 0 aromatic carbocycles. The second-order valence-electron chi connectivity index (χ2n) is 2.58. The van der Waals surface area contributed by atoms with Crippen molar-refractivity contribution in [3.63, 3.8) is 0 Å². The molecule has 0 aromatic heterocycles. The quantitative estimate of drug-likeness (QED) is 0.190. The van der Waals surface area contributed by atoms with Crippen molar-refractivity contribution in [3.8, 4) is 0 Å². The average molecular weight is 171 g/mol. The molecular formula is C8H13NO3. The number of carbonyl (C=O) groups excluding carboxylic acids is 2. The fraction of sp³-hybridized carbons (Fsp3) is 0.500. The predicted molar refractivity (Wildman–Crippen MR) is 44.7 cm³/mol. The maximum absolute atomic E-state index is 10.8. The molecule has 0 aliphatic carbocycles. The minimum absolute atomic E-state index is 0.145. The first-order valence-electron chi connectivity index (χ1n) is 3.54. The van der Waals surface area contributed by atoms with Crippen molar-refractivity contribution in [2.45, 2.75) is 0 Å². The lowest BCUT2D eigenvalue weighted by molar-refractivity contribution is -0.139. The van der Waals surface area contributed by atoms with Crippen LogP contribution in [0.15, 0.2) is 12.2 Å². The van der Waals surface area contributed by atoms with E-state index in [1.165, 1.54) is 0 Å². The molecule has 0 aliphatic heterocycles. The van der Waals surface area contributed by atoms with Crippen LogP contribution in [0.5, 0.6) is 0 Å². The topological polar surface area (TPSA) is 46.6 Å². The van der Waals surface area contributed by atoms with Gasteiger partial charge in [-0.15, -0.1) is 0 Å². The van der Waals surface area contributed by atoms with Gasteiger partial charge < -0.3 is 9.64 Å². The van der Waals surface area contributed by atoms with E-state index in [1.807, 2.05) is 19.0 Å². The van der Waals surface area contributed by atoms with Gasteiger partial charge in [-0.3, -0.25) is 4.79 Å². The Labute approximate surface area is 71.8 Å². The van der Waals surface area contributed by atoms with Crippen molar-refractivity contribution in [3.05, 3.63) is 12.2 Å². The van der Waals surface area contributed by atoms with E-state index < -0.39 is 5.97 Å². The minimum Gasteiger partial charge on any atom is -0.461 e. The summed E-state index contributed by atoms with van der Waals surface area (Å²) in [6.07, 6.45) is 0.387. The van der Waals surface area contributed by atoms with Crippen LogP contribution in [0.1, 0.15) is 0 Å². The third-order valence-corrected chi connectivity index (χ3v) is 1.18. The molecule has 0 rings (SSSR count). The summed E-state index contributed by atoms with van der Waals surface area (Å²) in [5.41, 5.74) is -0.145. The van der Waals surface area contributed by atoms with E-state index in [0.717, 1.165) is 0 Å². The Morgan fingerprint density at radius 1 is 1.58 bits per heavy atom. The summed E-state index contributed by atoms with van der Waals surface area (Å²) in [4.78, 5) is 22.7. The molecule has 0 unspecified atom stereocenters. The summed E-state index contributed by atoms with van der Waals surface area (Å²) in [6, 6.07) is 0. The van der Waals surface area contributed by atoms with Crippen molar-refractivity contribution < 1.29 is 14.3 Å². The zero-order valence-corrected chi connectivity index (χ0v) is 7.37. The van der Waals surface area contributed by atoms with E-state index >= 15 is 0 Å². The Kier molecular flexibility index (Phi) is 4.96. The highest BCUT2D eigenvalue weighted by Crippen LogP contribution is 1.89. The van der Waals surface area contributed by atoms with Gasteiger partial charge in [0.25, 0.3) is 0 Å². The molecule has 68 valence electrons. The molecule has 0 radical (unpaired) electrons. The summed E-state index contributed by atoms with van der Waals surface area (Å²) in [5, 5.41) is 0. The van der Waals surface area contributed by atoms with Gasteiger partial charge in [0.15, 0.2) is 6.29 Å².